The SMILES string of the molecule is COc1cncc(CCC(N)C(C)(C)C)c1. The van der Waals surface area contributed by atoms with Gasteiger partial charge in [-0.2, -0.15) is 0 Å². The second-order valence-corrected chi connectivity index (χ2v) is 5.24. The predicted molar refractivity (Wildman–Crippen MR) is 66.5 cm³/mol. The molecule has 0 saturated heterocycles. The summed E-state index contributed by atoms with van der Waals surface area (Å²) in [5, 5.41) is 0. The number of pyridine rings is 1. The Balaban J connectivity index is 2.54. The third-order valence-corrected chi connectivity index (χ3v) is 2.86. The molecule has 1 rings (SSSR count). The number of hydrogen-bond acceptors (Lipinski definition) is 3. The van der Waals surface area contributed by atoms with E-state index in [1.807, 2.05) is 12.3 Å². The van der Waals surface area contributed by atoms with Gasteiger partial charge in [0.25, 0.3) is 0 Å². The number of rotatable bonds is 4. The van der Waals surface area contributed by atoms with Crippen LogP contribution in [0.1, 0.15) is 32.8 Å². The summed E-state index contributed by atoms with van der Waals surface area (Å²) in [5.41, 5.74) is 7.46. The highest BCUT2D eigenvalue weighted by atomic mass is 16.5. The van der Waals surface area contributed by atoms with Crippen molar-refractivity contribution in [1.82, 2.24) is 4.98 Å². The lowest BCUT2D eigenvalue weighted by atomic mass is 9.84. The highest BCUT2D eigenvalue weighted by molar-refractivity contribution is 5.23. The molecule has 3 heteroatoms. The van der Waals surface area contributed by atoms with E-state index in [4.69, 9.17) is 10.5 Å². The first-order valence-corrected chi connectivity index (χ1v) is 5.67. The van der Waals surface area contributed by atoms with Gasteiger partial charge in [0.1, 0.15) is 5.75 Å². The zero-order valence-corrected chi connectivity index (χ0v) is 10.7. The minimum absolute atomic E-state index is 0.159. The molecular formula is C13H22N2O. The maximum absolute atomic E-state index is 6.12. The van der Waals surface area contributed by atoms with Gasteiger partial charge in [-0.25, -0.2) is 0 Å². The minimum Gasteiger partial charge on any atom is -0.495 e. The molecule has 0 aromatic carbocycles. The molecule has 1 heterocycles. The average molecular weight is 222 g/mol. The van der Waals surface area contributed by atoms with Gasteiger partial charge in [-0.05, 0) is 29.9 Å². The van der Waals surface area contributed by atoms with Gasteiger partial charge in [0.2, 0.25) is 0 Å². The Labute approximate surface area is 98.0 Å². The zero-order valence-electron chi connectivity index (χ0n) is 10.7. The fraction of sp³-hybridized carbons (Fsp3) is 0.615. The van der Waals surface area contributed by atoms with Crippen molar-refractivity contribution in [1.29, 1.82) is 0 Å². The lowest BCUT2D eigenvalue weighted by molar-refractivity contribution is 0.306. The van der Waals surface area contributed by atoms with Crippen LogP contribution in [0.15, 0.2) is 18.5 Å². The summed E-state index contributed by atoms with van der Waals surface area (Å²) in [5.74, 6) is 0.807. The Morgan fingerprint density at radius 2 is 2.06 bits per heavy atom. The predicted octanol–water partition coefficient (Wildman–Crippen LogP) is 2.40. The van der Waals surface area contributed by atoms with E-state index in [0.29, 0.717) is 0 Å². The van der Waals surface area contributed by atoms with Crippen LogP contribution in [0, 0.1) is 5.41 Å². The first-order chi connectivity index (χ1) is 7.43. The number of hydrogen-bond donors (Lipinski definition) is 1. The molecule has 0 radical (unpaired) electrons. The third-order valence-electron chi connectivity index (χ3n) is 2.86. The van der Waals surface area contributed by atoms with Gasteiger partial charge < -0.3 is 10.5 Å². The van der Waals surface area contributed by atoms with E-state index in [1.54, 1.807) is 13.3 Å². The van der Waals surface area contributed by atoms with Crippen molar-refractivity contribution in [2.24, 2.45) is 11.1 Å². The first kappa shape index (κ1) is 13.0. The number of aryl methyl sites for hydroxylation is 1. The van der Waals surface area contributed by atoms with E-state index < -0.39 is 0 Å². The molecule has 1 aromatic heterocycles. The van der Waals surface area contributed by atoms with Crippen LogP contribution in [0.2, 0.25) is 0 Å². The lowest BCUT2D eigenvalue weighted by Gasteiger charge is -2.26. The molecule has 0 aliphatic rings. The molecule has 0 fully saturated rings. The van der Waals surface area contributed by atoms with Crippen molar-refractivity contribution < 1.29 is 4.74 Å². The van der Waals surface area contributed by atoms with E-state index in [9.17, 15) is 0 Å². The zero-order chi connectivity index (χ0) is 12.2. The summed E-state index contributed by atoms with van der Waals surface area (Å²) in [4.78, 5) is 4.13. The van der Waals surface area contributed by atoms with Gasteiger partial charge in [0.15, 0.2) is 0 Å². The monoisotopic (exact) mass is 222 g/mol. The summed E-state index contributed by atoms with van der Waals surface area (Å²) in [6.45, 7) is 6.50. The fourth-order valence-corrected chi connectivity index (χ4v) is 1.47. The van der Waals surface area contributed by atoms with Gasteiger partial charge in [-0.15, -0.1) is 0 Å². The molecule has 1 atom stereocenters. The molecule has 1 aromatic rings. The second kappa shape index (κ2) is 5.30. The van der Waals surface area contributed by atoms with Crippen LogP contribution in [0.5, 0.6) is 5.75 Å². The van der Waals surface area contributed by atoms with Crippen LogP contribution in [0.25, 0.3) is 0 Å². The summed E-state index contributed by atoms with van der Waals surface area (Å²) >= 11 is 0. The van der Waals surface area contributed by atoms with E-state index in [-0.39, 0.29) is 11.5 Å². The molecule has 0 aliphatic heterocycles. The summed E-state index contributed by atoms with van der Waals surface area (Å²) in [7, 11) is 1.65. The third kappa shape index (κ3) is 3.81. The van der Waals surface area contributed by atoms with Gasteiger partial charge >= 0.3 is 0 Å². The number of aromatic nitrogens is 1. The van der Waals surface area contributed by atoms with Gasteiger partial charge in [0.05, 0.1) is 13.3 Å². The maximum atomic E-state index is 6.12. The van der Waals surface area contributed by atoms with Gasteiger partial charge in [-0.3, -0.25) is 4.98 Å². The highest BCUT2D eigenvalue weighted by Crippen LogP contribution is 2.21. The Hall–Kier alpha value is -1.09. The van der Waals surface area contributed by atoms with Crippen molar-refractivity contribution in [3.05, 3.63) is 24.0 Å². The Bertz CT molecular complexity index is 331. The summed E-state index contributed by atoms with van der Waals surface area (Å²) in [6, 6.07) is 2.22. The maximum Gasteiger partial charge on any atom is 0.137 e. The first-order valence-electron chi connectivity index (χ1n) is 5.67. The van der Waals surface area contributed by atoms with Crippen molar-refractivity contribution in [3.8, 4) is 5.75 Å². The molecule has 1 unspecified atom stereocenters. The van der Waals surface area contributed by atoms with E-state index in [1.165, 1.54) is 5.56 Å². The van der Waals surface area contributed by atoms with Gasteiger partial charge in [-0.1, -0.05) is 20.8 Å². The standard InChI is InChI=1S/C13H22N2O/c1-13(2,3)12(14)6-5-10-7-11(16-4)9-15-8-10/h7-9,12H,5-6,14H2,1-4H3. The highest BCUT2D eigenvalue weighted by Gasteiger charge is 2.19. The molecule has 2 N–H and O–H groups in total. The second-order valence-electron chi connectivity index (χ2n) is 5.24. The number of nitrogens with zero attached hydrogens (tertiary/aromatic N) is 1. The molecule has 0 saturated carbocycles. The Morgan fingerprint density at radius 3 is 2.62 bits per heavy atom. The normalized spacial score (nSPS) is 13.6. The van der Waals surface area contributed by atoms with Crippen LogP contribution in [-0.4, -0.2) is 18.1 Å². The van der Waals surface area contributed by atoms with Crippen molar-refractivity contribution in [2.75, 3.05) is 7.11 Å². The fourth-order valence-electron chi connectivity index (χ4n) is 1.47. The molecule has 3 nitrogen and oxygen atoms in total. The van der Waals surface area contributed by atoms with Crippen molar-refractivity contribution in [2.45, 2.75) is 39.7 Å². The van der Waals surface area contributed by atoms with E-state index >= 15 is 0 Å². The summed E-state index contributed by atoms with van der Waals surface area (Å²) < 4.78 is 5.14. The number of nitrogens with two attached hydrogens (primary N) is 1. The smallest absolute Gasteiger partial charge is 0.137 e. The summed E-state index contributed by atoms with van der Waals surface area (Å²) in [6.07, 6.45) is 5.51. The van der Waals surface area contributed by atoms with Crippen molar-refractivity contribution in [3.63, 3.8) is 0 Å². The Morgan fingerprint density at radius 1 is 1.38 bits per heavy atom. The molecule has 90 valence electrons. The van der Waals surface area contributed by atoms with E-state index in [2.05, 4.69) is 25.8 Å². The molecule has 0 spiro atoms. The number of ether oxygens (including phenoxy) is 1. The molecule has 0 amide bonds. The molecule has 0 bridgehead atoms. The number of methoxy groups -OCH3 is 1. The molecule has 0 aliphatic carbocycles. The van der Waals surface area contributed by atoms with Crippen molar-refractivity contribution >= 4 is 0 Å². The largest absolute Gasteiger partial charge is 0.495 e. The molecule has 16 heavy (non-hydrogen) atoms. The average Bonchev–Trinajstić information content (AvgIpc) is 2.25. The minimum atomic E-state index is 0.159. The van der Waals surface area contributed by atoms with Crippen LogP contribution in [0.4, 0.5) is 0 Å². The quantitative estimate of drug-likeness (QED) is 0.851. The Kier molecular flexibility index (Phi) is 4.30. The van der Waals surface area contributed by atoms with Crippen LogP contribution < -0.4 is 10.5 Å². The van der Waals surface area contributed by atoms with Gasteiger partial charge in [0, 0.05) is 12.2 Å². The topological polar surface area (TPSA) is 48.1 Å². The van der Waals surface area contributed by atoms with Crippen LogP contribution in [0.3, 0.4) is 0 Å². The molecular weight excluding hydrogens is 200 g/mol. The lowest BCUT2D eigenvalue weighted by Crippen LogP contribution is -2.35. The van der Waals surface area contributed by atoms with Crippen LogP contribution >= 0.6 is 0 Å². The van der Waals surface area contributed by atoms with E-state index in [0.717, 1.165) is 18.6 Å². The van der Waals surface area contributed by atoms with Crippen LogP contribution in [-0.2, 0) is 6.42 Å².